The summed E-state index contributed by atoms with van der Waals surface area (Å²) in [5.74, 6) is 2.87. The van der Waals surface area contributed by atoms with Gasteiger partial charge in [0, 0.05) is 36.5 Å². The van der Waals surface area contributed by atoms with Gasteiger partial charge in [-0.1, -0.05) is 0 Å². The number of aromatic nitrogens is 2. The molecule has 0 bridgehead atoms. The predicted octanol–water partition coefficient (Wildman–Crippen LogP) is 3.78. The van der Waals surface area contributed by atoms with Gasteiger partial charge in [-0.3, -0.25) is 4.79 Å². The number of methoxy groups -OCH3 is 1. The molecule has 2 aliphatic heterocycles. The number of ether oxygens (including phenoxy) is 3. The van der Waals surface area contributed by atoms with Crippen molar-refractivity contribution in [2.45, 2.75) is 12.8 Å². The molecule has 1 saturated heterocycles. The van der Waals surface area contributed by atoms with Crippen LogP contribution in [0.3, 0.4) is 0 Å². The zero-order chi connectivity index (χ0) is 22.6. The van der Waals surface area contributed by atoms with E-state index in [2.05, 4.69) is 20.2 Å². The fourth-order valence-electron chi connectivity index (χ4n) is 4.20. The highest BCUT2D eigenvalue weighted by Gasteiger charge is 2.27. The second kappa shape index (κ2) is 9.36. The minimum absolute atomic E-state index is 0.000752. The Morgan fingerprint density at radius 2 is 1.88 bits per heavy atom. The molecule has 3 aromatic rings. The fourth-order valence-corrected chi connectivity index (χ4v) is 4.20. The van der Waals surface area contributed by atoms with Crippen LogP contribution in [0.4, 0.5) is 11.5 Å². The van der Waals surface area contributed by atoms with Crippen molar-refractivity contribution in [1.82, 2.24) is 9.97 Å². The lowest BCUT2D eigenvalue weighted by Crippen LogP contribution is -2.41. The lowest BCUT2D eigenvalue weighted by molar-refractivity contribution is -0.120. The Hall–Kier alpha value is -3.81. The van der Waals surface area contributed by atoms with Crippen molar-refractivity contribution < 1.29 is 19.0 Å². The number of nitrogens with one attached hydrogen (secondary N) is 1. The smallest absolute Gasteiger partial charge is 0.229 e. The molecule has 33 heavy (non-hydrogen) atoms. The highest BCUT2D eigenvalue weighted by molar-refractivity contribution is 5.93. The average molecular weight is 447 g/mol. The molecular formula is C25H26N4O4. The Kier molecular flexibility index (Phi) is 5.97. The molecule has 0 radical (unpaired) electrons. The van der Waals surface area contributed by atoms with Crippen LogP contribution in [0.25, 0.3) is 11.3 Å². The van der Waals surface area contributed by atoms with Gasteiger partial charge in [-0.2, -0.15) is 0 Å². The van der Waals surface area contributed by atoms with Gasteiger partial charge in [-0.25, -0.2) is 9.97 Å². The van der Waals surface area contributed by atoms with Crippen LogP contribution in [0.1, 0.15) is 12.8 Å². The molecule has 1 fully saturated rings. The highest BCUT2D eigenvalue weighted by Crippen LogP contribution is 2.33. The maximum absolute atomic E-state index is 13.0. The minimum Gasteiger partial charge on any atom is -0.497 e. The van der Waals surface area contributed by atoms with E-state index in [-0.39, 0.29) is 11.8 Å². The monoisotopic (exact) mass is 446 g/mol. The maximum Gasteiger partial charge on any atom is 0.229 e. The normalized spacial score (nSPS) is 17.4. The maximum atomic E-state index is 13.0. The molecular weight excluding hydrogens is 420 g/mol. The van der Waals surface area contributed by atoms with E-state index >= 15 is 0 Å². The van der Waals surface area contributed by atoms with Gasteiger partial charge in [-0.05, 0) is 49.2 Å². The molecule has 0 spiro atoms. The Balaban J connectivity index is 1.27. The Morgan fingerprint density at radius 3 is 2.70 bits per heavy atom. The zero-order valence-electron chi connectivity index (χ0n) is 18.5. The third-order valence-corrected chi connectivity index (χ3v) is 5.96. The Bertz CT molecular complexity index is 1140. The Labute approximate surface area is 192 Å². The summed E-state index contributed by atoms with van der Waals surface area (Å²) in [6, 6.07) is 15.2. The number of piperidine rings is 1. The summed E-state index contributed by atoms with van der Waals surface area (Å²) in [5.41, 5.74) is 2.54. The number of benzene rings is 2. The highest BCUT2D eigenvalue weighted by atomic mass is 16.6. The molecule has 5 rings (SSSR count). The topological polar surface area (TPSA) is 85.8 Å². The third kappa shape index (κ3) is 4.69. The van der Waals surface area contributed by atoms with E-state index in [9.17, 15) is 4.79 Å². The number of carbonyl (C=O) groups is 1. The van der Waals surface area contributed by atoms with Gasteiger partial charge in [0.2, 0.25) is 5.91 Å². The first-order valence-corrected chi connectivity index (χ1v) is 11.1. The molecule has 8 heteroatoms. The van der Waals surface area contributed by atoms with E-state index < -0.39 is 0 Å². The van der Waals surface area contributed by atoms with Gasteiger partial charge in [0.25, 0.3) is 0 Å². The second-order valence-corrected chi connectivity index (χ2v) is 8.12. The Morgan fingerprint density at radius 1 is 1.06 bits per heavy atom. The first-order chi connectivity index (χ1) is 16.2. The number of amides is 1. The number of hydrogen-bond donors (Lipinski definition) is 1. The van der Waals surface area contributed by atoms with Gasteiger partial charge in [0.15, 0.2) is 11.5 Å². The van der Waals surface area contributed by atoms with Gasteiger partial charge < -0.3 is 24.4 Å². The van der Waals surface area contributed by atoms with E-state index in [1.165, 1.54) is 0 Å². The van der Waals surface area contributed by atoms with Crippen molar-refractivity contribution >= 4 is 17.4 Å². The summed E-state index contributed by atoms with van der Waals surface area (Å²) in [6.07, 6.45) is 3.33. The molecule has 8 nitrogen and oxygen atoms in total. The summed E-state index contributed by atoms with van der Waals surface area (Å²) in [6.45, 7) is 2.52. The van der Waals surface area contributed by atoms with Crippen LogP contribution in [0, 0.1) is 5.92 Å². The number of carbonyl (C=O) groups excluding carboxylic acids is 1. The minimum atomic E-state index is -0.133. The largest absolute Gasteiger partial charge is 0.497 e. The molecule has 170 valence electrons. The average Bonchev–Trinajstić information content (AvgIpc) is 2.89. The molecule has 3 heterocycles. The molecule has 2 aromatic carbocycles. The van der Waals surface area contributed by atoms with Crippen molar-refractivity contribution in [2.24, 2.45) is 5.92 Å². The number of fused-ring (bicyclic) bond motifs is 1. The molecule has 0 aliphatic carbocycles. The van der Waals surface area contributed by atoms with E-state index in [1.54, 1.807) is 13.4 Å². The SMILES string of the molecule is COc1ccc(-c2cc(N3CCCC(C(=O)Nc4ccc5c(c4)OCCO5)C3)ncn2)cc1. The van der Waals surface area contributed by atoms with Gasteiger partial charge in [0.1, 0.15) is 31.1 Å². The van der Waals surface area contributed by atoms with Crippen LogP contribution in [-0.2, 0) is 4.79 Å². The fraction of sp³-hybridized carbons (Fsp3) is 0.320. The number of nitrogens with zero attached hydrogens (tertiary/aromatic N) is 3. The number of rotatable bonds is 5. The zero-order valence-corrected chi connectivity index (χ0v) is 18.5. The van der Waals surface area contributed by atoms with Crippen LogP contribution in [-0.4, -0.2) is 49.3 Å². The molecule has 1 atom stereocenters. The first kappa shape index (κ1) is 21.1. The summed E-state index contributed by atoms with van der Waals surface area (Å²) >= 11 is 0. The van der Waals surface area contributed by atoms with Crippen LogP contribution in [0.15, 0.2) is 54.9 Å². The predicted molar refractivity (Wildman–Crippen MR) is 125 cm³/mol. The van der Waals surface area contributed by atoms with Crippen molar-refractivity contribution in [1.29, 1.82) is 0 Å². The lowest BCUT2D eigenvalue weighted by Gasteiger charge is -2.33. The number of hydrogen-bond acceptors (Lipinski definition) is 7. The molecule has 1 unspecified atom stereocenters. The van der Waals surface area contributed by atoms with E-state index in [1.807, 2.05) is 48.5 Å². The summed E-state index contributed by atoms with van der Waals surface area (Å²) in [5, 5.41) is 3.04. The van der Waals surface area contributed by atoms with Crippen molar-refractivity contribution in [2.75, 3.05) is 43.6 Å². The van der Waals surface area contributed by atoms with Gasteiger partial charge in [0.05, 0.1) is 18.7 Å². The first-order valence-electron chi connectivity index (χ1n) is 11.1. The van der Waals surface area contributed by atoms with Crippen molar-refractivity contribution in [3.63, 3.8) is 0 Å². The van der Waals surface area contributed by atoms with Crippen LogP contribution in [0.2, 0.25) is 0 Å². The van der Waals surface area contributed by atoms with Gasteiger partial charge in [-0.15, -0.1) is 0 Å². The summed E-state index contributed by atoms with van der Waals surface area (Å²) in [4.78, 5) is 24.1. The quantitative estimate of drug-likeness (QED) is 0.638. The van der Waals surface area contributed by atoms with Crippen molar-refractivity contribution in [3.05, 3.63) is 54.9 Å². The molecule has 1 amide bonds. The summed E-state index contributed by atoms with van der Waals surface area (Å²) in [7, 11) is 1.65. The molecule has 2 aliphatic rings. The van der Waals surface area contributed by atoms with Crippen LogP contribution in [0.5, 0.6) is 17.2 Å². The van der Waals surface area contributed by atoms with E-state index in [0.717, 1.165) is 42.2 Å². The molecule has 1 N–H and O–H groups in total. The van der Waals surface area contributed by atoms with E-state index in [0.29, 0.717) is 36.9 Å². The third-order valence-electron chi connectivity index (χ3n) is 5.96. The molecule has 0 saturated carbocycles. The van der Waals surface area contributed by atoms with Crippen LogP contribution >= 0.6 is 0 Å². The second-order valence-electron chi connectivity index (χ2n) is 8.12. The standard InChI is InChI=1S/C25H26N4O4/c1-31-20-7-4-17(5-8-20)21-14-24(27-16-26-21)29-10-2-3-18(15-29)25(30)28-19-6-9-22-23(13-19)33-12-11-32-22/h4-9,13-14,16,18H,2-3,10-12,15H2,1H3,(H,28,30). The number of anilines is 2. The van der Waals surface area contributed by atoms with Gasteiger partial charge >= 0.3 is 0 Å². The lowest BCUT2D eigenvalue weighted by atomic mass is 9.97. The molecule has 1 aromatic heterocycles. The van der Waals surface area contributed by atoms with Crippen LogP contribution < -0.4 is 24.4 Å². The van der Waals surface area contributed by atoms with Crippen molar-refractivity contribution in [3.8, 4) is 28.5 Å². The summed E-state index contributed by atoms with van der Waals surface area (Å²) < 4.78 is 16.4. The van der Waals surface area contributed by atoms with E-state index in [4.69, 9.17) is 14.2 Å².